The van der Waals surface area contributed by atoms with Crippen molar-refractivity contribution in [1.29, 1.82) is 0 Å². The average Bonchev–Trinajstić information content (AvgIpc) is 3.54. The zero-order chi connectivity index (χ0) is 24.4. The minimum Gasteiger partial charge on any atom is -0.495 e. The van der Waals surface area contributed by atoms with Crippen LogP contribution in [0.15, 0.2) is 48.7 Å². The Balaban J connectivity index is 1.55. The number of rotatable bonds is 7. The van der Waals surface area contributed by atoms with Crippen molar-refractivity contribution in [3.63, 3.8) is 0 Å². The molecule has 0 atom stereocenters. The summed E-state index contributed by atoms with van der Waals surface area (Å²) in [4.78, 5) is 24.9. The van der Waals surface area contributed by atoms with Crippen LogP contribution in [0.3, 0.4) is 0 Å². The fourth-order valence-corrected chi connectivity index (χ4v) is 4.55. The quantitative estimate of drug-likeness (QED) is 0.248. The highest BCUT2D eigenvalue weighted by molar-refractivity contribution is 6.02. The number of hydrogen-bond acceptors (Lipinski definition) is 7. The molecule has 2 heterocycles. The number of nitrogens with two attached hydrogens (primary N) is 1. The lowest BCUT2D eigenvalue weighted by molar-refractivity contribution is 0.0963. The molecule has 2 aromatic carbocycles. The molecule has 0 radical (unpaired) electrons. The molecular weight excluding hydrogens is 442 g/mol. The molecule has 6 N–H and O–H groups in total. The SMILES string of the molecule is CNC(=O)c1ccc(Nc2nc(NC3CCCC3)c3c(-c4ccc(N)cc4)c[nH]c3n2)c(OC)c1. The summed E-state index contributed by atoms with van der Waals surface area (Å²) in [6, 6.07) is 13.4. The van der Waals surface area contributed by atoms with Gasteiger partial charge in [-0.1, -0.05) is 25.0 Å². The number of ether oxygens (including phenoxy) is 1. The van der Waals surface area contributed by atoms with Crippen LogP contribution in [0, 0.1) is 0 Å². The van der Waals surface area contributed by atoms with Crippen LogP contribution >= 0.6 is 0 Å². The Labute approximate surface area is 203 Å². The number of nitrogens with one attached hydrogen (secondary N) is 4. The number of fused-ring (bicyclic) bond motifs is 1. The maximum Gasteiger partial charge on any atom is 0.251 e. The van der Waals surface area contributed by atoms with Gasteiger partial charge in [-0.2, -0.15) is 9.97 Å². The maximum absolute atomic E-state index is 12.0. The van der Waals surface area contributed by atoms with Crippen LogP contribution in [-0.2, 0) is 0 Å². The number of amides is 1. The van der Waals surface area contributed by atoms with Gasteiger partial charge in [-0.25, -0.2) is 0 Å². The summed E-state index contributed by atoms with van der Waals surface area (Å²) >= 11 is 0. The van der Waals surface area contributed by atoms with Crippen molar-refractivity contribution in [3.05, 3.63) is 54.2 Å². The van der Waals surface area contributed by atoms with E-state index >= 15 is 0 Å². The summed E-state index contributed by atoms with van der Waals surface area (Å²) in [7, 11) is 3.16. The van der Waals surface area contributed by atoms with Gasteiger partial charge in [0.25, 0.3) is 5.91 Å². The second-order valence-corrected chi connectivity index (χ2v) is 8.69. The van der Waals surface area contributed by atoms with Gasteiger partial charge in [0.15, 0.2) is 0 Å². The minimum atomic E-state index is -0.183. The summed E-state index contributed by atoms with van der Waals surface area (Å²) in [5.41, 5.74) is 10.6. The number of nitrogen functional groups attached to an aromatic ring is 1. The number of H-pyrrole nitrogens is 1. The Kier molecular flexibility index (Phi) is 6.13. The largest absolute Gasteiger partial charge is 0.495 e. The van der Waals surface area contributed by atoms with Crippen molar-refractivity contribution in [2.45, 2.75) is 31.7 Å². The maximum atomic E-state index is 12.0. The topological polar surface area (TPSA) is 130 Å². The zero-order valence-corrected chi connectivity index (χ0v) is 19.8. The molecule has 1 saturated carbocycles. The molecule has 9 nitrogen and oxygen atoms in total. The predicted octanol–water partition coefficient (Wildman–Crippen LogP) is 4.67. The van der Waals surface area contributed by atoms with Crippen LogP contribution in [0.1, 0.15) is 36.0 Å². The van der Waals surface area contributed by atoms with E-state index in [1.54, 1.807) is 32.4 Å². The fraction of sp³-hybridized carbons (Fsp3) is 0.269. The molecule has 0 aliphatic heterocycles. The molecule has 0 saturated heterocycles. The molecule has 1 aliphatic rings. The van der Waals surface area contributed by atoms with E-state index in [4.69, 9.17) is 20.4 Å². The number of hydrogen-bond donors (Lipinski definition) is 5. The molecule has 0 bridgehead atoms. The van der Waals surface area contributed by atoms with Gasteiger partial charge in [-0.05, 0) is 48.7 Å². The molecule has 9 heteroatoms. The number of carbonyl (C=O) groups is 1. The van der Waals surface area contributed by atoms with E-state index in [-0.39, 0.29) is 5.91 Å². The summed E-state index contributed by atoms with van der Waals surface area (Å²) in [5.74, 6) is 1.54. The Morgan fingerprint density at radius 2 is 1.89 bits per heavy atom. The van der Waals surface area contributed by atoms with Crippen molar-refractivity contribution >= 4 is 40.1 Å². The van der Waals surface area contributed by atoms with Gasteiger partial charge in [0.05, 0.1) is 18.2 Å². The number of nitrogens with zero attached hydrogens (tertiary/aromatic N) is 2. The number of aromatic nitrogens is 3. The first-order chi connectivity index (χ1) is 17.1. The van der Waals surface area contributed by atoms with E-state index in [2.05, 4.69) is 20.9 Å². The van der Waals surface area contributed by atoms with E-state index in [0.717, 1.165) is 46.5 Å². The Hall–Kier alpha value is -4.27. The van der Waals surface area contributed by atoms with Gasteiger partial charge in [0.2, 0.25) is 5.95 Å². The second-order valence-electron chi connectivity index (χ2n) is 8.69. The third kappa shape index (κ3) is 4.57. The molecule has 2 aromatic heterocycles. The van der Waals surface area contributed by atoms with E-state index in [0.29, 0.717) is 29.0 Å². The Morgan fingerprint density at radius 3 is 2.60 bits per heavy atom. The van der Waals surface area contributed by atoms with Crippen LogP contribution in [-0.4, -0.2) is 41.1 Å². The van der Waals surface area contributed by atoms with Gasteiger partial charge in [-0.3, -0.25) is 4.79 Å². The van der Waals surface area contributed by atoms with Crippen molar-refractivity contribution in [3.8, 4) is 16.9 Å². The summed E-state index contributed by atoms with van der Waals surface area (Å²) in [6.45, 7) is 0. The van der Waals surface area contributed by atoms with E-state index in [1.807, 2.05) is 30.5 Å². The molecular formula is C26H29N7O2. The number of aromatic amines is 1. The lowest BCUT2D eigenvalue weighted by Gasteiger charge is -2.16. The molecule has 0 unspecified atom stereocenters. The second kappa shape index (κ2) is 9.54. The van der Waals surface area contributed by atoms with E-state index in [9.17, 15) is 4.79 Å². The molecule has 1 aliphatic carbocycles. The molecule has 4 aromatic rings. The van der Waals surface area contributed by atoms with Crippen LogP contribution in [0.4, 0.5) is 23.1 Å². The predicted molar refractivity (Wildman–Crippen MR) is 139 cm³/mol. The number of carbonyl (C=O) groups excluding carboxylic acids is 1. The van der Waals surface area contributed by atoms with E-state index < -0.39 is 0 Å². The van der Waals surface area contributed by atoms with Gasteiger partial charge >= 0.3 is 0 Å². The Morgan fingerprint density at radius 1 is 1.11 bits per heavy atom. The van der Waals surface area contributed by atoms with Gasteiger partial charge in [0.1, 0.15) is 17.2 Å². The first-order valence-electron chi connectivity index (χ1n) is 11.7. The highest BCUT2D eigenvalue weighted by atomic mass is 16.5. The standard InChI is InChI=1S/C26H29N7O2/c1-28-25(34)16-9-12-20(21(13-16)35-2)31-26-32-23-22(24(33-26)30-18-5-3-4-6-18)19(14-29-23)15-7-10-17(27)11-8-15/h7-14,18H,3-6,27H2,1-2H3,(H,28,34)(H3,29,30,31,32,33). The molecule has 1 fully saturated rings. The van der Waals surface area contributed by atoms with Crippen molar-refractivity contribution in [2.75, 3.05) is 30.5 Å². The molecule has 5 rings (SSSR count). The van der Waals surface area contributed by atoms with Crippen molar-refractivity contribution < 1.29 is 9.53 Å². The smallest absolute Gasteiger partial charge is 0.251 e. The zero-order valence-electron chi connectivity index (χ0n) is 19.8. The summed E-state index contributed by atoms with van der Waals surface area (Å²) in [6.07, 6.45) is 6.61. The highest BCUT2D eigenvalue weighted by Crippen LogP contribution is 2.36. The number of benzene rings is 2. The third-order valence-electron chi connectivity index (χ3n) is 6.39. The lowest BCUT2D eigenvalue weighted by Crippen LogP contribution is -2.18. The van der Waals surface area contributed by atoms with Crippen LogP contribution < -0.4 is 26.4 Å². The monoisotopic (exact) mass is 471 g/mol. The third-order valence-corrected chi connectivity index (χ3v) is 6.39. The first kappa shape index (κ1) is 22.5. The Bertz CT molecular complexity index is 1360. The minimum absolute atomic E-state index is 0.183. The first-order valence-corrected chi connectivity index (χ1v) is 11.7. The van der Waals surface area contributed by atoms with Crippen LogP contribution in [0.2, 0.25) is 0 Å². The number of anilines is 4. The lowest BCUT2D eigenvalue weighted by atomic mass is 10.1. The molecule has 180 valence electrons. The van der Waals surface area contributed by atoms with Crippen LogP contribution in [0.5, 0.6) is 5.75 Å². The highest BCUT2D eigenvalue weighted by Gasteiger charge is 2.21. The van der Waals surface area contributed by atoms with Gasteiger partial charge < -0.3 is 31.4 Å². The fourth-order valence-electron chi connectivity index (χ4n) is 4.55. The molecule has 0 spiro atoms. The molecule has 35 heavy (non-hydrogen) atoms. The van der Waals surface area contributed by atoms with Crippen molar-refractivity contribution in [1.82, 2.24) is 20.3 Å². The van der Waals surface area contributed by atoms with Gasteiger partial charge in [-0.15, -0.1) is 0 Å². The number of methoxy groups -OCH3 is 1. The summed E-state index contributed by atoms with van der Waals surface area (Å²) in [5, 5.41) is 10.5. The van der Waals surface area contributed by atoms with Crippen molar-refractivity contribution in [2.24, 2.45) is 0 Å². The summed E-state index contributed by atoms with van der Waals surface area (Å²) < 4.78 is 5.52. The van der Waals surface area contributed by atoms with Gasteiger partial charge in [0, 0.05) is 36.1 Å². The van der Waals surface area contributed by atoms with Crippen LogP contribution in [0.25, 0.3) is 22.2 Å². The average molecular weight is 472 g/mol. The normalized spacial score (nSPS) is 13.7. The van der Waals surface area contributed by atoms with E-state index in [1.165, 1.54) is 12.8 Å². The molecule has 1 amide bonds.